The van der Waals surface area contributed by atoms with Crippen molar-refractivity contribution >= 4 is 39.9 Å². The van der Waals surface area contributed by atoms with E-state index in [0.717, 1.165) is 44.8 Å². The SMILES string of the molecule is CN(C)c1ccc(N=Nc2ccc(SOON)cc2)c2ccccc12. The number of rotatable bonds is 6. The van der Waals surface area contributed by atoms with Crippen molar-refractivity contribution in [3.8, 4) is 0 Å². The van der Waals surface area contributed by atoms with Crippen LogP contribution in [0.4, 0.5) is 17.1 Å². The quantitative estimate of drug-likeness (QED) is 0.287. The molecule has 0 amide bonds. The monoisotopic (exact) mass is 354 g/mol. The zero-order valence-corrected chi connectivity index (χ0v) is 14.7. The number of azo groups is 1. The van der Waals surface area contributed by atoms with Crippen molar-refractivity contribution in [2.45, 2.75) is 4.90 Å². The van der Waals surface area contributed by atoms with Gasteiger partial charge in [-0.3, -0.25) is 0 Å². The third-order valence-electron chi connectivity index (χ3n) is 3.64. The van der Waals surface area contributed by atoms with Crippen LogP contribution in [0.3, 0.4) is 0 Å². The maximum Gasteiger partial charge on any atom is 0.0936 e. The smallest absolute Gasteiger partial charge is 0.0936 e. The summed E-state index contributed by atoms with van der Waals surface area (Å²) in [5.74, 6) is 4.81. The maximum absolute atomic E-state index is 4.81. The highest BCUT2D eigenvalue weighted by Crippen LogP contribution is 2.34. The van der Waals surface area contributed by atoms with Gasteiger partial charge in [-0.25, -0.2) is 0 Å². The highest BCUT2D eigenvalue weighted by atomic mass is 32.2. The molecule has 0 heterocycles. The van der Waals surface area contributed by atoms with E-state index in [0.29, 0.717) is 0 Å². The van der Waals surface area contributed by atoms with Crippen LogP contribution in [-0.4, -0.2) is 14.1 Å². The fourth-order valence-corrected chi connectivity index (χ4v) is 2.85. The average molecular weight is 354 g/mol. The number of hydrogen-bond acceptors (Lipinski definition) is 7. The zero-order chi connectivity index (χ0) is 17.6. The van der Waals surface area contributed by atoms with Crippen LogP contribution in [0.5, 0.6) is 0 Å². The van der Waals surface area contributed by atoms with Gasteiger partial charge in [-0.15, -0.1) is 14.4 Å². The Labute approximate surface area is 150 Å². The third kappa shape index (κ3) is 4.15. The molecule has 3 aromatic carbocycles. The third-order valence-corrected chi connectivity index (χ3v) is 4.25. The second kappa shape index (κ2) is 8.09. The fourth-order valence-electron chi connectivity index (χ4n) is 2.48. The second-order valence-electron chi connectivity index (χ2n) is 5.49. The highest BCUT2D eigenvalue weighted by molar-refractivity contribution is 7.94. The number of benzene rings is 3. The zero-order valence-electron chi connectivity index (χ0n) is 13.9. The van der Waals surface area contributed by atoms with Crippen molar-refractivity contribution < 1.29 is 9.32 Å². The molecule has 0 saturated heterocycles. The molecule has 25 heavy (non-hydrogen) atoms. The van der Waals surface area contributed by atoms with Crippen molar-refractivity contribution in [1.82, 2.24) is 0 Å². The lowest BCUT2D eigenvalue weighted by Crippen LogP contribution is -2.08. The van der Waals surface area contributed by atoms with E-state index in [-0.39, 0.29) is 0 Å². The van der Waals surface area contributed by atoms with Gasteiger partial charge >= 0.3 is 0 Å². The molecule has 0 aromatic heterocycles. The lowest BCUT2D eigenvalue weighted by molar-refractivity contribution is -0.195. The first-order chi connectivity index (χ1) is 12.2. The summed E-state index contributed by atoms with van der Waals surface area (Å²) in [7, 11) is 4.06. The van der Waals surface area contributed by atoms with Gasteiger partial charge < -0.3 is 4.90 Å². The van der Waals surface area contributed by atoms with Crippen LogP contribution in [0.25, 0.3) is 10.8 Å². The van der Waals surface area contributed by atoms with Gasteiger partial charge in [0.2, 0.25) is 0 Å². The summed E-state index contributed by atoms with van der Waals surface area (Å²) < 4.78 is 4.60. The first-order valence-electron chi connectivity index (χ1n) is 7.60. The van der Waals surface area contributed by atoms with Crippen molar-refractivity contribution in [3.63, 3.8) is 0 Å². The second-order valence-corrected chi connectivity index (χ2v) is 6.26. The Morgan fingerprint density at radius 3 is 2.28 bits per heavy atom. The first kappa shape index (κ1) is 17.4. The predicted octanol–water partition coefficient (Wildman–Crippen LogP) is 5.15. The lowest BCUT2D eigenvalue weighted by Gasteiger charge is -2.16. The van der Waals surface area contributed by atoms with Gasteiger partial charge in [-0.05, 0) is 36.4 Å². The molecule has 0 radical (unpaired) electrons. The molecule has 2 N–H and O–H groups in total. The highest BCUT2D eigenvalue weighted by Gasteiger charge is 2.06. The molecule has 0 aliphatic carbocycles. The van der Waals surface area contributed by atoms with E-state index < -0.39 is 0 Å². The molecular formula is C18H18N4O2S. The van der Waals surface area contributed by atoms with Gasteiger partial charge in [-0.1, -0.05) is 24.3 Å². The Bertz CT molecular complexity index is 882. The van der Waals surface area contributed by atoms with E-state index in [1.165, 1.54) is 0 Å². The van der Waals surface area contributed by atoms with Crippen LogP contribution < -0.4 is 10.8 Å². The Morgan fingerprint density at radius 2 is 1.60 bits per heavy atom. The Hall–Kier alpha value is -2.45. The number of hydrogen-bond donors (Lipinski definition) is 1. The van der Waals surface area contributed by atoms with Crippen LogP contribution >= 0.6 is 12.0 Å². The average Bonchev–Trinajstić information content (AvgIpc) is 2.65. The van der Waals surface area contributed by atoms with Gasteiger partial charge in [0.05, 0.1) is 23.4 Å². The molecule has 0 atom stereocenters. The van der Waals surface area contributed by atoms with E-state index in [4.69, 9.17) is 5.90 Å². The molecular weight excluding hydrogens is 336 g/mol. The van der Waals surface area contributed by atoms with Gasteiger partial charge in [0.1, 0.15) is 0 Å². The molecule has 6 nitrogen and oxygen atoms in total. The minimum absolute atomic E-state index is 0.749. The van der Waals surface area contributed by atoms with E-state index in [1.54, 1.807) is 0 Å². The topological polar surface area (TPSA) is 72.4 Å². The molecule has 0 saturated carbocycles. The van der Waals surface area contributed by atoms with Gasteiger partial charge in [-0.2, -0.15) is 11.0 Å². The van der Waals surface area contributed by atoms with Crippen molar-refractivity contribution in [2.24, 2.45) is 16.1 Å². The van der Waals surface area contributed by atoms with Crippen LogP contribution in [0.1, 0.15) is 0 Å². The number of nitrogens with zero attached hydrogens (tertiary/aromatic N) is 3. The summed E-state index contributed by atoms with van der Waals surface area (Å²) in [6.07, 6.45) is 0. The van der Waals surface area contributed by atoms with Gasteiger partial charge in [0.15, 0.2) is 0 Å². The van der Waals surface area contributed by atoms with E-state index >= 15 is 0 Å². The van der Waals surface area contributed by atoms with Gasteiger partial charge in [0, 0.05) is 35.5 Å². The largest absolute Gasteiger partial charge is 0.377 e. The van der Waals surface area contributed by atoms with Crippen LogP contribution in [-0.2, 0) is 9.32 Å². The van der Waals surface area contributed by atoms with Crippen LogP contribution in [0, 0.1) is 0 Å². The lowest BCUT2D eigenvalue weighted by atomic mass is 10.1. The van der Waals surface area contributed by atoms with E-state index in [2.05, 4.69) is 42.6 Å². The van der Waals surface area contributed by atoms with Crippen LogP contribution in [0.2, 0.25) is 0 Å². The van der Waals surface area contributed by atoms with Gasteiger partial charge in [0.25, 0.3) is 0 Å². The molecule has 3 rings (SSSR count). The van der Waals surface area contributed by atoms with E-state index in [9.17, 15) is 0 Å². The molecule has 0 bridgehead atoms. The minimum Gasteiger partial charge on any atom is -0.377 e. The molecule has 0 unspecified atom stereocenters. The molecule has 0 aliphatic heterocycles. The number of fused-ring (bicyclic) bond motifs is 1. The molecule has 3 aromatic rings. The fraction of sp³-hybridized carbons (Fsp3) is 0.111. The Balaban J connectivity index is 1.88. The standard InChI is InChI=1S/C18H18N4O2S/c1-22(2)18-12-11-17(15-5-3-4-6-16(15)18)21-20-13-7-9-14(10-8-13)25-24-23-19/h3-12H,19H2,1-2H3. The normalized spacial score (nSPS) is 11.3. The predicted molar refractivity (Wildman–Crippen MR) is 101 cm³/mol. The first-order valence-corrected chi connectivity index (χ1v) is 8.34. The number of anilines is 1. The summed E-state index contributed by atoms with van der Waals surface area (Å²) >= 11 is 1.03. The van der Waals surface area contributed by atoms with Crippen LogP contribution in [0.15, 0.2) is 75.8 Å². The summed E-state index contributed by atoms with van der Waals surface area (Å²) in [6.45, 7) is 0. The van der Waals surface area contributed by atoms with Crippen molar-refractivity contribution in [1.29, 1.82) is 0 Å². The molecule has 0 fully saturated rings. The molecule has 7 heteroatoms. The minimum atomic E-state index is 0.749. The molecule has 128 valence electrons. The summed E-state index contributed by atoms with van der Waals surface area (Å²) in [5, 5.41) is 11.0. The summed E-state index contributed by atoms with van der Waals surface area (Å²) in [6, 6.07) is 19.6. The van der Waals surface area contributed by atoms with Crippen molar-refractivity contribution in [3.05, 3.63) is 60.7 Å². The summed E-state index contributed by atoms with van der Waals surface area (Å²) in [5.41, 5.74) is 2.73. The summed E-state index contributed by atoms with van der Waals surface area (Å²) in [4.78, 5) is 7.01. The van der Waals surface area contributed by atoms with Crippen molar-refractivity contribution in [2.75, 3.05) is 19.0 Å². The van der Waals surface area contributed by atoms with E-state index in [1.807, 2.05) is 56.6 Å². The number of nitrogens with two attached hydrogens (primary N) is 1. The molecule has 0 aliphatic rings. The Morgan fingerprint density at radius 1 is 0.880 bits per heavy atom. The molecule has 0 spiro atoms. The maximum atomic E-state index is 4.81. The Kier molecular flexibility index (Phi) is 5.62.